The summed E-state index contributed by atoms with van der Waals surface area (Å²) in [7, 11) is 0. The van der Waals surface area contributed by atoms with Crippen LogP contribution in [-0.2, 0) is 28.6 Å². The third kappa shape index (κ3) is 39.4. The van der Waals surface area contributed by atoms with Crippen LogP contribution in [0.25, 0.3) is 0 Å². The number of esters is 3. The van der Waals surface area contributed by atoms with E-state index in [9.17, 15) is 14.4 Å². The SMILES string of the molecule is CCCCCCCCC/C=C\CCCCCC(=O)OCC(COC(=O)CCCCCCCCCCC)OC(=O)CCCCCCCCCCCCC. The summed E-state index contributed by atoms with van der Waals surface area (Å²) in [4.78, 5) is 37.6. The summed E-state index contributed by atoms with van der Waals surface area (Å²) < 4.78 is 16.7. The van der Waals surface area contributed by atoms with Gasteiger partial charge in [-0.1, -0.05) is 193 Å². The lowest BCUT2D eigenvalue weighted by molar-refractivity contribution is -0.167. The average molecular weight is 735 g/mol. The molecule has 0 fully saturated rings. The second-order valence-corrected chi connectivity index (χ2v) is 15.3. The molecular formula is C46H86O6. The van der Waals surface area contributed by atoms with Crippen molar-refractivity contribution in [3.05, 3.63) is 12.2 Å². The summed E-state index contributed by atoms with van der Waals surface area (Å²) in [6.07, 6.45) is 43.3. The monoisotopic (exact) mass is 735 g/mol. The van der Waals surface area contributed by atoms with Gasteiger partial charge in [-0.3, -0.25) is 14.4 Å². The van der Waals surface area contributed by atoms with E-state index in [1.54, 1.807) is 0 Å². The van der Waals surface area contributed by atoms with Gasteiger partial charge in [0.1, 0.15) is 13.2 Å². The smallest absolute Gasteiger partial charge is 0.306 e. The highest BCUT2D eigenvalue weighted by Crippen LogP contribution is 2.15. The molecule has 0 bridgehead atoms. The van der Waals surface area contributed by atoms with Crippen molar-refractivity contribution in [2.24, 2.45) is 0 Å². The summed E-state index contributed by atoms with van der Waals surface area (Å²) in [6, 6.07) is 0. The van der Waals surface area contributed by atoms with Gasteiger partial charge in [0.25, 0.3) is 0 Å². The van der Waals surface area contributed by atoms with Gasteiger partial charge >= 0.3 is 17.9 Å². The quantitative estimate of drug-likeness (QED) is 0.0269. The minimum Gasteiger partial charge on any atom is -0.462 e. The molecule has 0 aromatic rings. The van der Waals surface area contributed by atoms with E-state index in [4.69, 9.17) is 14.2 Å². The topological polar surface area (TPSA) is 78.9 Å². The molecule has 0 N–H and O–H groups in total. The Kier molecular flexibility index (Phi) is 40.4. The maximum Gasteiger partial charge on any atom is 0.306 e. The highest BCUT2D eigenvalue weighted by atomic mass is 16.6. The molecule has 52 heavy (non-hydrogen) atoms. The largest absolute Gasteiger partial charge is 0.462 e. The molecule has 0 aromatic heterocycles. The molecule has 0 saturated heterocycles. The maximum absolute atomic E-state index is 12.7. The molecule has 6 nitrogen and oxygen atoms in total. The van der Waals surface area contributed by atoms with Gasteiger partial charge in [-0.25, -0.2) is 0 Å². The van der Waals surface area contributed by atoms with Gasteiger partial charge in [0, 0.05) is 19.3 Å². The number of rotatable bonds is 41. The van der Waals surface area contributed by atoms with Crippen molar-refractivity contribution >= 4 is 17.9 Å². The zero-order valence-corrected chi connectivity index (χ0v) is 34.8. The molecule has 0 aromatic carbocycles. The molecule has 0 aliphatic heterocycles. The van der Waals surface area contributed by atoms with E-state index in [1.807, 2.05) is 0 Å². The second kappa shape index (κ2) is 41.9. The van der Waals surface area contributed by atoms with Crippen molar-refractivity contribution in [3.8, 4) is 0 Å². The predicted molar refractivity (Wildman–Crippen MR) is 220 cm³/mol. The van der Waals surface area contributed by atoms with Crippen LogP contribution in [0, 0.1) is 0 Å². The van der Waals surface area contributed by atoms with Gasteiger partial charge in [0.2, 0.25) is 0 Å². The van der Waals surface area contributed by atoms with Crippen LogP contribution in [0.1, 0.15) is 245 Å². The Morgan fingerprint density at radius 2 is 0.635 bits per heavy atom. The fourth-order valence-electron chi connectivity index (χ4n) is 6.55. The summed E-state index contributed by atoms with van der Waals surface area (Å²) in [6.45, 7) is 6.60. The van der Waals surface area contributed by atoms with Gasteiger partial charge < -0.3 is 14.2 Å². The number of ether oxygens (including phenoxy) is 3. The first kappa shape index (κ1) is 50.1. The third-order valence-corrected chi connectivity index (χ3v) is 10.0. The van der Waals surface area contributed by atoms with E-state index in [2.05, 4.69) is 32.9 Å². The van der Waals surface area contributed by atoms with E-state index in [1.165, 1.54) is 141 Å². The molecule has 0 heterocycles. The molecule has 1 atom stereocenters. The van der Waals surface area contributed by atoms with Crippen LogP contribution in [0.3, 0.4) is 0 Å². The lowest BCUT2D eigenvalue weighted by atomic mass is 10.1. The fraction of sp³-hybridized carbons (Fsp3) is 0.891. The molecule has 0 aliphatic rings. The minimum atomic E-state index is -0.766. The minimum absolute atomic E-state index is 0.0707. The summed E-state index contributed by atoms with van der Waals surface area (Å²) in [5, 5.41) is 0. The Balaban J connectivity index is 4.34. The molecule has 0 aliphatic carbocycles. The van der Waals surface area contributed by atoms with Gasteiger partial charge in [-0.05, 0) is 44.9 Å². The molecule has 0 radical (unpaired) electrons. The number of hydrogen-bond donors (Lipinski definition) is 0. The van der Waals surface area contributed by atoms with Crippen LogP contribution < -0.4 is 0 Å². The summed E-state index contributed by atoms with van der Waals surface area (Å²) in [5.74, 6) is -0.883. The van der Waals surface area contributed by atoms with Gasteiger partial charge in [0.05, 0.1) is 0 Å². The maximum atomic E-state index is 12.7. The van der Waals surface area contributed by atoms with E-state index in [0.29, 0.717) is 19.3 Å². The number of allylic oxidation sites excluding steroid dienone is 2. The van der Waals surface area contributed by atoms with Crippen molar-refractivity contribution in [2.75, 3.05) is 13.2 Å². The van der Waals surface area contributed by atoms with Crippen molar-refractivity contribution in [1.82, 2.24) is 0 Å². The van der Waals surface area contributed by atoms with Crippen LogP contribution in [0.2, 0.25) is 0 Å². The first-order chi connectivity index (χ1) is 25.5. The Hall–Kier alpha value is -1.85. The molecule has 0 amide bonds. The fourth-order valence-corrected chi connectivity index (χ4v) is 6.55. The number of carbonyl (C=O) groups excluding carboxylic acids is 3. The Bertz CT molecular complexity index is 809. The van der Waals surface area contributed by atoms with Crippen molar-refractivity contribution in [1.29, 1.82) is 0 Å². The second-order valence-electron chi connectivity index (χ2n) is 15.3. The van der Waals surface area contributed by atoms with Crippen molar-refractivity contribution in [3.63, 3.8) is 0 Å². The Morgan fingerprint density at radius 3 is 0.981 bits per heavy atom. The van der Waals surface area contributed by atoms with E-state index < -0.39 is 6.10 Å². The van der Waals surface area contributed by atoms with Crippen LogP contribution in [0.15, 0.2) is 12.2 Å². The van der Waals surface area contributed by atoms with Gasteiger partial charge in [-0.15, -0.1) is 0 Å². The third-order valence-electron chi connectivity index (χ3n) is 10.0. The predicted octanol–water partition coefficient (Wildman–Crippen LogP) is 14.3. The lowest BCUT2D eigenvalue weighted by Gasteiger charge is -2.18. The molecule has 306 valence electrons. The highest BCUT2D eigenvalue weighted by molar-refractivity contribution is 5.71. The normalized spacial score (nSPS) is 12.0. The van der Waals surface area contributed by atoms with E-state index >= 15 is 0 Å². The van der Waals surface area contributed by atoms with Crippen LogP contribution >= 0.6 is 0 Å². The molecular weight excluding hydrogens is 648 g/mol. The molecule has 0 spiro atoms. The molecule has 6 heteroatoms. The van der Waals surface area contributed by atoms with Gasteiger partial charge in [0.15, 0.2) is 6.10 Å². The molecule has 1 unspecified atom stereocenters. The van der Waals surface area contributed by atoms with Crippen LogP contribution in [0.4, 0.5) is 0 Å². The molecule has 0 saturated carbocycles. The zero-order valence-electron chi connectivity index (χ0n) is 34.8. The standard InChI is InChI=1S/C46H86O6/c1-4-7-10-13-16-19-21-22-23-25-27-30-33-36-39-45(48)51-42-43(41-50-44(47)38-35-32-29-26-18-15-12-9-6-3)52-46(49)40-37-34-31-28-24-20-17-14-11-8-5-2/h23,25,43H,4-22,24,26-42H2,1-3H3/b25-23-. The number of hydrogen-bond acceptors (Lipinski definition) is 6. The Labute approximate surface area is 322 Å². The number of unbranched alkanes of at least 4 members (excludes halogenated alkanes) is 28. The molecule has 0 rings (SSSR count). The average Bonchev–Trinajstić information content (AvgIpc) is 3.14. The lowest BCUT2D eigenvalue weighted by Crippen LogP contribution is -2.30. The van der Waals surface area contributed by atoms with Crippen molar-refractivity contribution in [2.45, 2.75) is 252 Å². The Morgan fingerprint density at radius 1 is 0.365 bits per heavy atom. The summed E-state index contributed by atoms with van der Waals surface area (Å²) in [5.41, 5.74) is 0. The van der Waals surface area contributed by atoms with Gasteiger partial charge in [-0.2, -0.15) is 0 Å². The van der Waals surface area contributed by atoms with E-state index in [0.717, 1.165) is 64.2 Å². The number of carbonyl (C=O) groups is 3. The van der Waals surface area contributed by atoms with Crippen LogP contribution in [-0.4, -0.2) is 37.2 Å². The first-order valence-corrected chi connectivity index (χ1v) is 22.7. The summed E-state index contributed by atoms with van der Waals surface area (Å²) >= 11 is 0. The zero-order chi connectivity index (χ0) is 38.0. The van der Waals surface area contributed by atoms with Crippen LogP contribution in [0.5, 0.6) is 0 Å². The highest BCUT2D eigenvalue weighted by Gasteiger charge is 2.19. The van der Waals surface area contributed by atoms with Crippen molar-refractivity contribution < 1.29 is 28.6 Å². The van der Waals surface area contributed by atoms with E-state index in [-0.39, 0.29) is 31.1 Å². The first-order valence-electron chi connectivity index (χ1n) is 22.7.